The fraction of sp³-hybridized carbons (Fsp3) is 0.346. The number of benzene rings is 2. The molecule has 0 spiro atoms. The van der Waals surface area contributed by atoms with Crippen molar-refractivity contribution in [3.63, 3.8) is 0 Å². The van der Waals surface area contributed by atoms with Crippen LogP contribution in [0.2, 0.25) is 0 Å². The first-order valence-corrected chi connectivity index (χ1v) is 12.8. The number of aliphatic carboxylic acids is 1. The van der Waals surface area contributed by atoms with Gasteiger partial charge in [0.1, 0.15) is 0 Å². The fourth-order valence-corrected chi connectivity index (χ4v) is 4.80. The van der Waals surface area contributed by atoms with Crippen LogP contribution in [0.5, 0.6) is 0 Å². The lowest BCUT2D eigenvalue weighted by atomic mass is 10.1. The second-order valence-corrected chi connectivity index (χ2v) is 9.43. The first-order chi connectivity index (χ1) is 16.2. The molecule has 2 N–H and O–H groups in total. The lowest BCUT2D eigenvalue weighted by Crippen LogP contribution is -2.05. The van der Waals surface area contributed by atoms with Crippen molar-refractivity contribution in [1.29, 1.82) is 0 Å². The minimum Gasteiger partial charge on any atom is -0.481 e. The third-order valence-electron chi connectivity index (χ3n) is 5.01. The van der Waals surface area contributed by atoms with E-state index in [1.165, 1.54) is 31.3 Å². The number of thiophene rings is 2. The minimum atomic E-state index is -0.815. The molecule has 176 valence electrons. The van der Waals surface area contributed by atoms with E-state index in [-0.39, 0.29) is 19.6 Å². The summed E-state index contributed by atoms with van der Waals surface area (Å²) >= 11 is 3.51. The molecule has 4 rings (SSSR count). The summed E-state index contributed by atoms with van der Waals surface area (Å²) in [5, 5.41) is 23.8. The first kappa shape index (κ1) is 25.3. The molecule has 4 aromatic rings. The average Bonchev–Trinajstić information content (AvgIpc) is 3.47. The van der Waals surface area contributed by atoms with E-state index in [2.05, 4.69) is 59.3 Å². The Bertz CT molecular complexity index is 1120. The first-order valence-electron chi connectivity index (χ1n) is 11.1. The van der Waals surface area contributed by atoms with Gasteiger partial charge in [0, 0.05) is 22.6 Å². The van der Waals surface area contributed by atoms with Crippen molar-refractivity contribution in [2.24, 2.45) is 0 Å². The normalized spacial score (nSPS) is 10.9. The minimum absolute atomic E-state index is 0.0730. The van der Waals surface area contributed by atoms with Crippen molar-refractivity contribution in [2.75, 3.05) is 33.0 Å². The molecule has 7 heteroatoms. The number of aliphatic hydroxyl groups excluding tert-OH is 1. The van der Waals surface area contributed by atoms with Crippen molar-refractivity contribution < 1.29 is 24.5 Å². The number of hydrogen-bond donors (Lipinski definition) is 2. The van der Waals surface area contributed by atoms with E-state index in [1.807, 2.05) is 0 Å². The molecule has 2 heterocycles. The molecule has 0 aliphatic carbocycles. The molecule has 0 fully saturated rings. The lowest BCUT2D eigenvalue weighted by molar-refractivity contribution is -0.138. The van der Waals surface area contributed by atoms with Crippen molar-refractivity contribution in [3.8, 4) is 0 Å². The molecule has 0 amide bonds. The zero-order chi connectivity index (χ0) is 23.3. The maximum Gasteiger partial charge on any atom is 0.305 e. The summed E-state index contributed by atoms with van der Waals surface area (Å²) in [4.78, 5) is 10.3. The lowest BCUT2D eigenvalue weighted by Gasteiger charge is -2.03. The number of ether oxygens (including phenoxy) is 2. The standard InChI is InChI=1S/C13H14O3S.C13H16O2S/c14-13(15)4-7-16-6-3-10-1-2-12-11(9-10)5-8-17-12;14-6-1-7-15-8-4-11-2-3-13-12(10-11)5-9-16-13/h1-2,5,8-9H,3-4,6-7H2,(H,14,15);2-3,5,9-10,14H,1,4,6-8H2. The quantitative estimate of drug-likeness (QED) is 0.248. The van der Waals surface area contributed by atoms with Crippen LogP contribution in [0.1, 0.15) is 24.0 Å². The van der Waals surface area contributed by atoms with Crippen LogP contribution >= 0.6 is 22.7 Å². The summed E-state index contributed by atoms with van der Waals surface area (Å²) in [5.74, 6) is -0.815. The smallest absolute Gasteiger partial charge is 0.305 e. The molecule has 2 aromatic heterocycles. The molecule has 33 heavy (non-hydrogen) atoms. The second kappa shape index (κ2) is 14.1. The molecule has 0 aliphatic rings. The van der Waals surface area contributed by atoms with Gasteiger partial charge < -0.3 is 19.7 Å². The molecular weight excluding hydrogens is 456 g/mol. The van der Waals surface area contributed by atoms with Gasteiger partial charge in [0.05, 0.1) is 26.2 Å². The van der Waals surface area contributed by atoms with E-state index in [9.17, 15) is 4.79 Å². The second-order valence-electron chi connectivity index (χ2n) is 7.53. The van der Waals surface area contributed by atoms with Crippen molar-refractivity contribution in [3.05, 3.63) is 70.4 Å². The Balaban J connectivity index is 0.000000186. The maximum absolute atomic E-state index is 10.3. The van der Waals surface area contributed by atoms with Crippen LogP contribution in [0.4, 0.5) is 0 Å². The number of aliphatic hydroxyl groups is 1. The van der Waals surface area contributed by atoms with Crippen LogP contribution in [0, 0.1) is 0 Å². The van der Waals surface area contributed by atoms with Gasteiger partial charge >= 0.3 is 5.97 Å². The van der Waals surface area contributed by atoms with E-state index in [1.54, 1.807) is 22.7 Å². The number of carbonyl (C=O) groups is 1. The van der Waals surface area contributed by atoms with Gasteiger partial charge in [-0.25, -0.2) is 0 Å². The van der Waals surface area contributed by atoms with E-state index in [0.717, 1.165) is 25.9 Å². The Kier molecular flexibility index (Phi) is 10.8. The predicted molar refractivity (Wildman–Crippen MR) is 137 cm³/mol. The molecule has 0 radical (unpaired) electrons. The van der Waals surface area contributed by atoms with Crippen LogP contribution in [-0.4, -0.2) is 49.2 Å². The Labute approximate surface area is 202 Å². The zero-order valence-corrected chi connectivity index (χ0v) is 20.2. The van der Waals surface area contributed by atoms with Gasteiger partial charge in [-0.05, 0) is 76.2 Å². The molecule has 0 bridgehead atoms. The molecule has 0 unspecified atom stereocenters. The SMILES string of the molecule is O=C(O)CCOCCc1ccc2sccc2c1.OCCCOCCc1ccc2sccc2c1. The van der Waals surface area contributed by atoms with Crippen molar-refractivity contribution in [1.82, 2.24) is 0 Å². The molecular formula is C26H30O5S2. The van der Waals surface area contributed by atoms with Crippen LogP contribution < -0.4 is 0 Å². The molecule has 2 aromatic carbocycles. The maximum atomic E-state index is 10.3. The van der Waals surface area contributed by atoms with Crippen LogP contribution in [0.15, 0.2) is 59.3 Å². The van der Waals surface area contributed by atoms with Crippen molar-refractivity contribution >= 4 is 48.8 Å². The number of carboxylic acid groups (broad SMARTS) is 1. The predicted octanol–water partition coefficient (Wildman–Crippen LogP) is 5.78. The monoisotopic (exact) mass is 486 g/mol. The molecule has 0 atom stereocenters. The summed E-state index contributed by atoms with van der Waals surface area (Å²) in [6.07, 6.45) is 2.57. The fourth-order valence-electron chi connectivity index (χ4n) is 3.25. The Morgan fingerprint density at radius 2 is 1.30 bits per heavy atom. The number of rotatable bonds is 12. The summed E-state index contributed by atoms with van der Waals surface area (Å²) in [6, 6.07) is 17.2. The van der Waals surface area contributed by atoms with Gasteiger partial charge in [-0.3, -0.25) is 4.79 Å². The average molecular weight is 487 g/mol. The Morgan fingerprint density at radius 3 is 1.82 bits per heavy atom. The number of fused-ring (bicyclic) bond motifs is 2. The third kappa shape index (κ3) is 8.87. The summed E-state index contributed by atoms with van der Waals surface area (Å²) in [5.41, 5.74) is 2.54. The van der Waals surface area contributed by atoms with Crippen LogP contribution in [0.25, 0.3) is 20.2 Å². The highest BCUT2D eigenvalue weighted by atomic mass is 32.1. The van der Waals surface area contributed by atoms with E-state index in [4.69, 9.17) is 19.7 Å². The summed E-state index contributed by atoms with van der Waals surface area (Å²) in [7, 11) is 0. The van der Waals surface area contributed by atoms with E-state index in [0.29, 0.717) is 13.2 Å². The highest BCUT2D eigenvalue weighted by molar-refractivity contribution is 7.17. The Hall–Kier alpha value is -2.29. The topological polar surface area (TPSA) is 76.0 Å². The van der Waals surface area contributed by atoms with E-state index >= 15 is 0 Å². The zero-order valence-electron chi connectivity index (χ0n) is 18.6. The van der Waals surface area contributed by atoms with Gasteiger partial charge in [-0.1, -0.05) is 24.3 Å². The van der Waals surface area contributed by atoms with Gasteiger partial charge in [-0.2, -0.15) is 0 Å². The highest BCUT2D eigenvalue weighted by Gasteiger charge is 2.00. The number of hydrogen-bond acceptors (Lipinski definition) is 6. The van der Waals surface area contributed by atoms with Gasteiger partial charge in [0.25, 0.3) is 0 Å². The van der Waals surface area contributed by atoms with Crippen molar-refractivity contribution in [2.45, 2.75) is 25.7 Å². The van der Waals surface area contributed by atoms with E-state index < -0.39 is 5.97 Å². The van der Waals surface area contributed by atoms with Crippen LogP contribution in [-0.2, 0) is 27.1 Å². The van der Waals surface area contributed by atoms with Gasteiger partial charge in [0.2, 0.25) is 0 Å². The van der Waals surface area contributed by atoms with Crippen LogP contribution in [0.3, 0.4) is 0 Å². The summed E-state index contributed by atoms with van der Waals surface area (Å²) < 4.78 is 13.3. The molecule has 0 saturated heterocycles. The largest absolute Gasteiger partial charge is 0.481 e. The molecule has 5 nitrogen and oxygen atoms in total. The Morgan fingerprint density at radius 1 is 0.758 bits per heavy atom. The third-order valence-corrected chi connectivity index (χ3v) is 6.81. The van der Waals surface area contributed by atoms with Gasteiger partial charge in [-0.15, -0.1) is 22.7 Å². The number of carboxylic acids is 1. The molecule has 0 saturated carbocycles. The highest BCUT2D eigenvalue weighted by Crippen LogP contribution is 2.22. The molecule has 0 aliphatic heterocycles. The summed E-state index contributed by atoms with van der Waals surface area (Å²) in [6.45, 7) is 2.45. The van der Waals surface area contributed by atoms with Gasteiger partial charge in [0.15, 0.2) is 0 Å².